The zero-order valence-electron chi connectivity index (χ0n) is 13.7. The Bertz CT molecular complexity index is 717. The van der Waals surface area contributed by atoms with Crippen molar-refractivity contribution in [3.63, 3.8) is 0 Å². The van der Waals surface area contributed by atoms with Gasteiger partial charge >= 0.3 is 0 Å². The van der Waals surface area contributed by atoms with Gasteiger partial charge in [-0.1, -0.05) is 36.5 Å². The normalized spacial score (nSPS) is 15.9. The molecule has 0 aliphatic carbocycles. The highest BCUT2D eigenvalue weighted by Gasteiger charge is 2.31. The maximum atomic E-state index is 12.5. The summed E-state index contributed by atoms with van der Waals surface area (Å²) in [6.45, 7) is 0.466. The van der Waals surface area contributed by atoms with E-state index in [-0.39, 0.29) is 18.1 Å². The number of aliphatic carboxylic acids is 1. The summed E-state index contributed by atoms with van der Waals surface area (Å²) in [6.07, 6.45) is 3.64. The van der Waals surface area contributed by atoms with Crippen LogP contribution < -0.4 is 9.84 Å². The Labute approximate surface area is 155 Å². The highest BCUT2D eigenvalue weighted by molar-refractivity contribution is 8.26. The minimum Gasteiger partial charge on any atom is -0.550 e. The van der Waals surface area contributed by atoms with Gasteiger partial charge in [-0.05, 0) is 43.0 Å². The number of ether oxygens (including phenoxy) is 1. The first kappa shape index (κ1) is 19.3. The quantitative estimate of drug-likeness (QED) is 0.418. The first-order valence-electron chi connectivity index (χ1n) is 7.74. The number of aromatic hydroxyl groups is 1. The van der Waals surface area contributed by atoms with E-state index in [0.29, 0.717) is 40.8 Å². The number of rotatable bonds is 8. The number of unbranched alkanes of at least 4 members (excludes halogenated alkanes) is 2. The molecule has 1 saturated heterocycles. The topological polar surface area (TPSA) is 89.9 Å². The summed E-state index contributed by atoms with van der Waals surface area (Å²) in [4.78, 5) is 24.9. The maximum absolute atomic E-state index is 12.5. The van der Waals surface area contributed by atoms with Crippen LogP contribution in [0.4, 0.5) is 0 Å². The number of carbonyl (C=O) groups is 2. The molecular formula is C17H18NO5S2-. The van der Waals surface area contributed by atoms with Crippen molar-refractivity contribution in [2.45, 2.75) is 25.7 Å². The number of amides is 1. The molecule has 0 unspecified atom stereocenters. The van der Waals surface area contributed by atoms with Gasteiger partial charge in [0.05, 0.1) is 12.0 Å². The summed E-state index contributed by atoms with van der Waals surface area (Å²) < 4.78 is 5.55. The average Bonchev–Trinajstić information content (AvgIpc) is 2.83. The summed E-state index contributed by atoms with van der Waals surface area (Å²) >= 11 is 6.48. The Morgan fingerprint density at radius 3 is 2.84 bits per heavy atom. The number of carbonyl (C=O) groups excluding carboxylic acids is 2. The molecule has 1 N–H and O–H groups in total. The number of phenolic OH excluding ortho intramolecular Hbond substituents is 1. The number of thioether (sulfide) groups is 1. The summed E-state index contributed by atoms with van der Waals surface area (Å²) in [7, 11) is 1.46. The first-order chi connectivity index (χ1) is 11.9. The van der Waals surface area contributed by atoms with E-state index >= 15 is 0 Å². The van der Waals surface area contributed by atoms with Crippen LogP contribution in [0.3, 0.4) is 0 Å². The van der Waals surface area contributed by atoms with E-state index in [1.54, 1.807) is 18.2 Å². The lowest BCUT2D eigenvalue weighted by Gasteiger charge is -2.14. The van der Waals surface area contributed by atoms with Crippen LogP contribution in [0.5, 0.6) is 11.5 Å². The van der Waals surface area contributed by atoms with Crippen LogP contribution in [0.1, 0.15) is 31.2 Å². The predicted molar refractivity (Wildman–Crippen MR) is 98.0 cm³/mol. The number of carboxylic acid groups (broad SMARTS) is 1. The molecule has 8 heteroatoms. The zero-order valence-corrected chi connectivity index (χ0v) is 15.3. The van der Waals surface area contributed by atoms with Gasteiger partial charge in [-0.3, -0.25) is 9.69 Å². The molecule has 0 spiro atoms. The molecule has 1 heterocycles. The highest BCUT2D eigenvalue weighted by Crippen LogP contribution is 2.34. The standard InChI is InChI=1S/C17H19NO5S2/c1-23-13-9-11(6-7-12(13)19)10-14-16(22)18(17(24)25-14)8-4-2-3-5-15(20)21/h6-7,9-10,19H,2-5,8H2,1H3,(H,20,21)/p-1. The first-order valence-corrected chi connectivity index (χ1v) is 8.97. The zero-order chi connectivity index (χ0) is 18.4. The maximum Gasteiger partial charge on any atom is 0.266 e. The molecule has 1 aliphatic heterocycles. The summed E-state index contributed by atoms with van der Waals surface area (Å²) in [6, 6.07) is 4.83. The van der Waals surface area contributed by atoms with Crippen LogP contribution in [0.25, 0.3) is 6.08 Å². The van der Waals surface area contributed by atoms with Crippen LogP contribution in [-0.2, 0) is 9.59 Å². The van der Waals surface area contributed by atoms with E-state index in [9.17, 15) is 19.8 Å². The molecule has 2 rings (SSSR count). The Balaban J connectivity index is 1.99. The predicted octanol–water partition coefficient (Wildman–Crippen LogP) is 1.91. The van der Waals surface area contributed by atoms with Crippen LogP contribution in [0.15, 0.2) is 23.1 Å². The molecule has 0 aromatic heterocycles. The molecule has 1 fully saturated rings. The van der Waals surface area contributed by atoms with Gasteiger partial charge in [0.1, 0.15) is 4.32 Å². The lowest BCUT2D eigenvalue weighted by molar-refractivity contribution is -0.305. The van der Waals surface area contributed by atoms with E-state index in [1.165, 1.54) is 29.8 Å². The monoisotopic (exact) mass is 380 g/mol. The number of hydrogen-bond acceptors (Lipinski definition) is 7. The molecule has 1 aromatic carbocycles. The molecule has 0 saturated carbocycles. The van der Waals surface area contributed by atoms with Crippen molar-refractivity contribution >= 4 is 46.3 Å². The second kappa shape index (κ2) is 8.87. The Kier molecular flexibility index (Phi) is 6.83. The van der Waals surface area contributed by atoms with E-state index in [2.05, 4.69) is 0 Å². The second-order valence-electron chi connectivity index (χ2n) is 5.45. The van der Waals surface area contributed by atoms with E-state index in [0.717, 1.165) is 5.56 Å². The molecule has 134 valence electrons. The van der Waals surface area contributed by atoms with Crippen LogP contribution >= 0.6 is 24.0 Å². The number of methoxy groups -OCH3 is 1. The van der Waals surface area contributed by atoms with Gasteiger partial charge in [0.2, 0.25) is 0 Å². The van der Waals surface area contributed by atoms with Gasteiger partial charge in [0.15, 0.2) is 11.5 Å². The molecule has 1 amide bonds. The Morgan fingerprint density at radius 2 is 2.16 bits per heavy atom. The summed E-state index contributed by atoms with van der Waals surface area (Å²) in [5.41, 5.74) is 0.726. The number of hydrogen-bond donors (Lipinski definition) is 1. The summed E-state index contributed by atoms with van der Waals surface area (Å²) in [5.74, 6) is -0.860. The molecule has 0 radical (unpaired) electrons. The molecule has 0 atom stereocenters. The third-order valence-corrected chi connectivity index (χ3v) is 5.02. The van der Waals surface area contributed by atoms with E-state index < -0.39 is 5.97 Å². The Morgan fingerprint density at radius 1 is 1.40 bits per heavy atom. The Hall–Kier alpha value is -2.06. The molecule has 25 heavy (non-hydrogen) atoms. The number of phenols is 1. The lowest BCUT2D eigenvalue weighted by Crippen LogP contribution is -2.29. The van der Waals surface area contributed by atoms with Crippen molar-refractivity contribution in [1.29, 1.82) is 0 Å². The van der Waals surface area contributed by atoms with E-state index in [1.807, 2.05) is 0 Å². The number of benzene rings is 1. The minimum absolute atomic E-state index is 0.0288. The molecular weight excluding hydrogens is 362 g/mol. The largest absolute Gasteiger partial charge is 0.550 e. The molecule has 1 aromatic rings. The van der Waals surface area contributed by atoms with Gasteiger partial charge < -0.3 is 19.7 Å². The fourth-order valence-electron chi connectivity index (χ4n) is 2.34. The third kappa shape index (κ3) is 5.20. The van der Waals surface area contributed by atoms with E-state index in [4.69, 9.17) is 17.0 Å². The number of nitrogens with zero attached hydrogens (tertiary/aromatic N) is 1. The van der Waals surface area contributed by atoms with Crippen molar-refractivity contribution < 1.29 is 24.5 Å². The van der Waals surface area contributed by atoms with Crippen LogP contribution in [0.2, 0.25) is 0 Å². The van der Waals surface area contributed by atoms with Crippen molar-refractivity contribution in [3.8, 4) is 11.5 Å². The minimum atomic E-state index is -1.06. The van der Waals surface area contributed by atoms with Gasteiger partial charge in [-0.25, -0.2) is 0 Å². The average molecular weight is 380 g/mol. The molecule has 6 nitrogen and oxygen atoms in total. The number of carboxylic acids is 1. The molecule has 1 aliphatic rings. The van der Waals surface area contributed by atoms with Gasteiger partial charge in [-0.2, -0.15) is 0 Å². The lowest BCUT2D eigenvalue weighted by atomic mass is 10.1. The van der Waals surface area contributed by atoms with Crippen molar-refractivity contribution in [1.82, 2.24) is 4.90 Å². The van der Waals surface area contributed by atoms with Gasteiger partial charge in [0.25, 0.3) is 5.91 Å². The summed E-state index contributed by atoms with van der Waals surface area (Å²) in [5, 5.41) is 20.0. The smallest absolute Gasteiger partial charge is 0.266 e. The third-order valence-electron chi connectivity index (χ3n) is 3.64. The number of thiocarbonyl (C=S) groups is 1. The SMILES string of the molecule is COc1cc(C=C2SC(=S)N(CCCCCC(=O)[O-])C2=O)ccc1O. The van der Waals surface area contributed by atoms with Gasteiger partial charge in [0, 0.05) is 12.5 Å². The van der Waals surface area contributed by atoms with Crippen LogP contribution in [-0.4, -0.2) is 39.9 Å². The van der Waals surface area contributed by atoms with Crippen molar-refractivity contribution in [2.75, 3.05) is 13.7 Å². The van der Waals surface area contributed by atoms with Gasteiger partial charge in [-0.15, -0.1) is 0 Å². The van der Waals surface area contributed by atoms with Crippen molar-refractivity contribution in [2.24, 2.45) is 0 Å². The fourth-order valence-corrected chi connectivity index (χ4v) is 3.65. The molecule has 0 bridgehead atoms. The second-order valence-corrected chi connectivity index (χ2v) is 7.12. The fraction of sp³-hybridized carbons (Fsp3) is 0.353. The van der Waals surface area contributed by atoms with Crippen LogP contribution in [0, 0.1) is 0 Å². The van der Waals surface area contributed by atoms with Crippen molar-refractivity contribution in [3.05, 3.63) is 28.7 Å². The highest BCUT2D eigenvalue weighted by atomic mass is 32.2.